The fourth-order valence-corrected chi connectivity index (χ4v) is 2.47. The van der Waals surface area contributed by atoms with Gasteiger partial charge in [0.25, 0.3) is 0 Å². The molecule has 1 saturated carbocycles. The van der Waals surface area contributed by atoms with Crippen molar-refractivity contribution in [1.82, 2.24) is 10.2 Å². The van der Waals surface area contributed by atoms with Crippen LogP contribution in [0.2, 0.25) is 0 Å². The SMILES string of the molecule is N[C@H]1CCC[C@H](Oc2ccc3[nH]ncc3c2)C1. The second-order valence-electron chi connectivity index (χ2n) is 4.79. The van der Waals surface area contributed by atoms with E-state index in [0.29, 0.717) is 6.04 Å². The van der Waals surface area contributed by atoms with Crippen LogP contribution in [0, 0.1) is 0 Å². The van der Waals surface area contributed by atoms with Crippen molar-refractivity contribution in [3.05, 3.63) is 24.4 Å². The zero-order valence-electron chi connectivity index (χ0n) is 9.73. The number of aromatic amines is 1. The highest BCUT2D eigenvalue weighted by Crippen LogP contribution is 2.25. The normalized spacial score (nSPS) is 25.0. The number of hydrogen-bond donors (Lipinski definition) is 2. The predicted molar refractivity (Wildman–Crippen MR) is 67.0 cm³/mol. The molecule has 4 heteroatoms. The van der Waals surface area contributed by atoms with Crippen LogP contribution in [0.15, 0.2) is 24.4 Å². The fraction of sp³-hybridized carbons (Fsp3) is 0.462. The summed E-state index contributed by atoms with van der Waals surface area (Å²) < 4.78 is 5.98. The van der Waals surface area contributed by atoms with Gasteiger partial charge in [0.05, 0.1) is 11.7 Å². The first-order chi connectivity index (χ1) is 8.31. The maximum atomic E-state index is 5.98. The molecule has 0 radical (unpaired) electrons. The van der Waals surface area contributed by atoms with Crippen LogP contribution in [0.4, 0.5) is 0 Å². The van der Waals surface area contributed by atoms with Gasteiger partial charge in [-0.1, -0.05) is 0 Å². The van der Waals surface area contributed by atoms with Crippen molar-refractivity contribution in [1.29, 1.82) is 0 Å². The molecule has 1 aromatic heterocycles. The summed E-state index contributed by atoms with van der Waals surface area (Å²) in [6, 6.07) is 6.31. The van der Waals surface area contributed by atoms with Gasteiger partial charge in [0.15, 0.2) is 0 Å². The lowest BCUT2D eigenvalue weighted by atomic mass is 9.93. The lowest BCUT2D eigenvalue weighted by Gasteiger charge is -2.27. The molecule has 2 atom stereocenters. The van der Waals surface area contributed by atoms with Gasteiger partial charge < -0.3 is 10.5 Å². The zero-order chi connectivity index (χ0) is 11.7. The van der Waals surface area contributed by atoms with Crippen molar-refractivity contribution in [3.63, 3.8) is 0 Å². The van der Waals surface area contributed by atoms with Crippen LogP contribution in [-0.4, -0.2) is 22.3 Å². The molecule has 1 aliphatic carbocycles. The summed E-state index contributed by atoms with van der Waals surface area (Å²) >= 11 is 0. The summed E-state index contributed by atoms with van der Waals surface area (Å²) in [7, 11) is 0. The Bertz CT molecular complexity index is 508. The molecule has 0 bridgehead atoms. The minimum absolute atomic E-state index is 0.267. The first-order valence-electron chi connectivity index (χ1n) is 6.16. The number of nitrogens with zero attached hydrogens (tertiary/aromatic N) is 1. The molecular formula is C13H17N3O. The summed E-state index contributed by atoms with van der Waals surface area (Å²) in [5.41, 5.74) is 7.00. The van der Waals surface area contributed by atoms with E-state index in [2.05, 4.69) is 10.2 Å². The number of nitrogens with one attached hydrogen (secondary N) is 1. The van der Waals surface area contributed by atoms with Gasteiger partial charge in [-0.3, -0.25) is 5.10 Å². The van der Waals surface area contributed by atoms with Gasteiger partial charge in [0, 0.05) is 11.4 Å². The van der Waals surface area contributed by atoms with Gasteiger partial charge in [-0.2, -0.15) is 5.10 Å². The molecule has 17 heavy (non-hydrogen) atoms. The van der Waals surface area contributed by atoms with Crippen LogP contribution >= 0.6 is 0 Å². The van der Waals surface area contributed by atoms with Gasteiger partial charge in [-0.25, -0.2) is 0 Å². The highest BCUT2D eigenvalue weighted by Gasteiger charge is 2.20. The monoisotopic (exact) mass is 231 g/mol. The molecular weight excluding hydrogens is 214 g/mol. The van der Waals surface area contributed by atoms with Crippen molar-refractivity contribution in [3.8, 4) is 5.75 Å². The van der Waals surface area contributed by atoms with E-state index >= 15 is 0 Å². The van der Waals surface area contributed by atoms with E-state index in [9.17, 15) is 0 Å². The number of rotatable bonds is 2. The molecule has 2 aromatic rings. The van der Waals surface area contributed by atoms with Crippen molar-refractivity contribution in [2.24, 2.45) is 5.73 Å². The molecule has 3 rings (SSSR count). The van der Waals surface area contributed by atoms with Gasteiger partial charge in [-0.15, -0.1) is 0 Å². The van der Waals surface area contributed by atoms with Crippen LogP contribution < -0.4 is 10.5 Å². The van der Waals surface area contributed by atoms with E-state index < -0.39 is 0 Å². The molecule has 0 aliphatic heterocycles. The van der Waals surface area contributed by atoms with Gasteiger partial charge in [0.2, 0.25) is 0 Å². The molecule has 0 spiro atoms. The predicted octanol–water partition coefficient (Wildman–Crippen LogP) is 2.21. The summed E-state index contributed by atoms with van der Waals surface area (Å²) in [4.78, 5) is 0. The van der Waals surface area contributed by atoms with Crippen LogP contribution in [0.5, 0.6) is 5.75 Å². The smallest absolute Gasteiger partial charge is 0.120 e. The Balaban J connectivity index is 1.75. The minimum atomic E-state index is 0.267. The second kappa shape index (κ2) is 4.37. The highest BCUT2D eigenvalue weighted by atomic mass is 16.5. The number of nitrogens with two attached hydrogens (primary N) is 1. The highest BCUT2D eigenvalue weighted by molar-refractivity contribution is 5.79. The maximum absolute atomic E-state index is 5.98. The molecule has 0 unspecified atom stereocenters. The number of benzene rings is 1. The van der Waals surface area contributed by atoms with E-state index in [0.717, 1.165) is 35.9 Å². The van der Waals surface area contributed by atoms with Crippen LogP contribution in [0.1, 0.15) is 25.7 Å². The quantitative estimate of drug-likeness (QED) is 0.833. The van der Waals surface area contributed by atoms with Crippen molar-refractivity contribution >= 4 is 10.9 Å². The van der Waals surface area contributed by atoms with Gasteiger partial charge >= 0.3 is 0 Å². The standard InChI is InChI=1S/C13H17N3O/c14-10-2-1-3-11(7-10)17-12-4-5-13-9(6-12)8-15-16-13/h4-6,8,10-11H,1-3,7,14H2,(H,15,16)/t10-,11-/m0/s1. The fourth-order valence-electron chi connectivity index (χ4n) is 2.47. The Morgan fingerprint density at radius 1 is 1.35 bits per heavy atom. The van der Waals surface area contributed by atoms with Gasteiger partial charge in [-0.05, 0) is 43.9 Å². The first kappa shape index (κ1) is 10.6. The Morgan fingerprint density at radius 2 is 2.29 bits per heavy atom. The molecule has 0 saturated heterocycles. The number of hydrogen-bond acceptors (Lipinski definition) is 3. The minimum Gasteiger partial charge on any atom is -0.490 e. The molecule has 1 aromatic carbocycles. The molecule has 90 valence electrons. The molecule has 1 fully saturated rings. The zero-order valence-corrected chi connectivity index (χ0v) is 9.73. The lowest BCUT2D eigenvalue weighted by Crippen LogP contribution is -2.33. The Kier molecular flexibility index (Phi) is 2.73. The van der Waals surface area contributed by atoms with E-state index in [-0.39, 0.29) is 6.10 Å². The van der Waals surface area contributed by atoms with E-state index in [1.807, 2.05) is 24.4 Å². The summed E-state index contributed by atoms with van der Waals surface area (Å²) in [5.74, 6) is 0.915. The summed E-state index contributed by atoms with van der Waals surface area (Å²) in [5, 5.41) is 8.02. The average Bonchev–Trinajstić information content (AvgIpc) is 2.76. The Labute approximate surface area is 100 Å². The largest absolute Gasteiger partial charge is 0.490 e. The van der Waals surface area contributed by atoms with Crippen molar-refractivity contribution in [2.45, 2.75) is 37.8 Å². The lowest BCUT2D eigenvalue weighted by molar-refractivity contribution is 0.144. The summed E-state index contributed by atoms with van der Waals surface area (Å²) in [6.07, 6.45) is 6.44. The molecule has 1 aliphatic rings. The average molecular weight is 231 g/mol. The van der Waals surface area contributed by atoms with Gasteiger partial charge in [0.1, 0.15) is 11.9 Å². The number of fused-ring (bicyclic) bond motifs is 1. The van der Waals surface area contributed by atoms with Crippen LogP contribution in [-0.2, 0) is 0 Å². The Hall–Kier alpha value is -1.55. The number of aromatic nitrogens is 2. The van der Waals surface area contributed by atoms with E-state index in [1.165, 1.54) is 6.42 Å². The maximum Gasteiger partial charge on any atom is 0.120 e. The molecule has 3 N–H and O–H groups in total. The first-order valence-corrected chi connectivity index (χ1v) is 6.16. The third-order valence-corrected chi connectivity index (χ3v) is 3.38. The van der Waals surface area contributed by atoms with Crippen molar-refractivity contribution in [2.75, 3.05) is 0 Å². The third-order valence-electron chi connectivity index (χ3n) is 3.38. The van der Waals surface area contributed by atoms with E-state index in [4.69, 9.17) is 10.5 Å². The second-order valence-corrected chi connectivity index (χ2v) is 4.79. The van der Waals surface area contributed by atoms with Crippen molar-refractivity contribution < 1.29 is 4.74 Å². The topological polar surface area (TPSA) is 63.9 Å². The Morgan fingerprint density at radius 3 is 3.18 bits per heavy atom. The number of H-pyrrole nitrogens is 1. The number of ether oxygens (including phenoxy) is 1. The molecule has 4 nitrogen and oxygen atoms in total. The van der Waals surface area contributed by atoms with Crippen LogP contribution in [0.25, 0.3) is 10.9 Å². The molecule has 0 amide bonds. The third kappa shape index (κ3) is 2.26. The molecule has 1 heterocycles. The van der Waals surface area contributed by atoms with E-state index in [1.54, 1.807) is 0 Å². The summed E-state index contributed by atoms with van der Waals surface area (Å²) in [6.45, 7) is 0. The van der Waals surface area contributed by atoms with Crippen LogP contribution in [0.3, 0.4) is 0 Å².